The van der Waals surface area contributed by atoms with Gasteiger partial charge in [-0.1, -0.05) is 65.8 Å². The molecular formula is C29H28ClN3O2S. The molecule has 7 heteroatoms. The Bertz CT molecular complexity index is 1340. The Kier molecular flexibility index (Phi) is 7.46. The molecule has 2 amide bonds. The molecule has 0 fully saturated rings. The van der Waals surface area contributed by atoms with E-state index in [0.717, 1.165) is 48.6 Å². The highest BCUT2D eigenvalue weighted by Gasteiger charge is 2.27. The predicted molar refractivity (Wildman–Crippen MR) is 148 cm³/mol. The first-order valence-electron chi connectivity index (χ1n) is 12.1. The van der Waals surface area contributed by atoms with Crippen molar-refractivity contribution in [2.45, 2.75) is 24.3 Å². The van der Waals surface area contributed by atoms with E-state index >= 15 is 0 Å². The fraction of sp³-hybridized carbons (Fsp3) is 0.241. The van der Waals surface area contributed by atoms with Crippen LogP contribution in [0.5, 0.6) is 0 Å². The number of nitrogens with zero attached hydrogens (tertiary/aromatic N) is 2. The maximum Gasteiger partial charge on any atom is 0.264 e. The Morgan fingerprint density at radius 2 is 1.86 bits per heavy atom. The maximum absolute atomic E-state index is 13.0. The van der Waals surface area contributed by atoms with Crippen LogP contribution < -0.4 is 10.2 Å². The van der Waals surface area contributed by atoms with Gasteiger partial charge in [0, 0.05) is 48.7 Å². The van der Waals surface area contributed by atoms with E-state index in [1.54, 1.807) is 24.1 Å². The van der Waals surface area contributed by atoms with E-state index in [1.165, 1.54) is 22.9 Å². The zero-order valence-corrected chi connectivity index (χ0v) is 21.7. The van der Waals surface area contributed by atoms with Crippen LogP contribution in [0.1, 0.15) is 33.5 Å². The van der Waals surface area contributed by atoms with E-state index in [0.29, 0.717) is 22.0 Å². The molecule has 2 heterocycles. The van der Waals surface area contributed by atoms with Crippen LogP contribution in [0.4, 0.5) is 5.69 Å². The highest BCUT2D eigenvalue weighted by Crippen LogP contribution is 2.42. The van der Waals surface area contributed by atoms with Crippen molar-refractivity contribution in [2.24, 2.45) is 0 Å². The van der Waals surface area contributed by atoms with Crippen LogP contribution in [-0.2, 0) is 17.8 Å². The van der Waals surface area contributed by atoms with Crippen LogP contribution in [-0.4, -0.2) is 43.4 Å². The quantitative estimate of drug-likeness (QED) is 0.340. The highest BCUT2D eigenvalue weighted by atomic mass is 35.5. The largest absolute Gasteiger partial charge is 0.352 e. The van der Waals surface area contributed by atoms with Gasteiger partial charge in [-0.3, -0.25) is 14.5 Å². The van der Waals surface area contributed by atoms with Crippen molar-refractivity contribution in [1.82, 2.24) is 10.2 Å². The Morgan fingerprint density at radius 1 is 1.08 bits per heavy atom. The number of fused-ring (bicyclic) bond motifs is 2. The van der Waals surface area contributed by atoms with Gasteiger partial charge >= 0.3 is 0 Å². The number of carbonyl (C=O) groups excluding carboxylic acids is 2. The van der Waals surface area contributed by atoms with Crippen molar-refractivity contribution >= 4 is 46.9 Å². The average Bonchev–Trinajstić information content (AvgIpc) is 2.90. The Hall–Kier alpha value is -3.06. The van der Waals surface area contributed by atoms with Gasteiger partial charge in [-0.2, -0.15) is 0 Å². The van der Waals surface area contributed by atoms with Gasteiger partial charge in [-0.15, -0.1) is 0 Å². The molecule has 0 unspecified atom stereocenters. The Balaban J connectivity index is 1.18. The fourth-order valence-corrected chi connectivity index (χ4v) is 5.89. The van der Waals surface area contributed by atoms with E-state index in [-0.39, 0.29) is 11.8 Å². The van der Waals surface area contributed by atoms with Gasteiger partial charge in [0.15, 0.2) is 0 Å². The number of benzene rings is 3. The van der Waals surface area contributed by atoms with Crippen molar-refractivity contribution in [3.05, 3.63) is 98.9 Å². The molecule has 0 aromatic heterocycles. The lowest BCUT2D eigenvalue weighted by Gasteiger charge is -2.28. The van der Waals surface area contributed by atoms with Crippen molar-refractivity contribution in [3.63, 3.8) is 0 Å². The molecule has 5 nitrogen and oxygen atoms in total. The third-order valence-electron chi connectivity index (χ3n) is 6.66. The van der Waals surface area contributed by atoms with Crippen molar-refractivity contribution in [1.29, 1.82) is 0 Å². The van der Waals surface area contributed by atoms with Gasteiger partial charge in [-0.05, 0) is 59.9 Å². The molecule has 3 aromatic rings. The minimum absolute atomic E-state index is 0.118. The van der Waals surface area contributed by atoms with Gasteiger partial charge < -0.3 is 10.2 Å². The predicted octanol–water partition coefficient (Wildman–Crippen LogP) is 5.63. The average molecular weight is 518 g/mol. The number of nitrogens with one attached hydrogen (secondary N) is 1. The number of hydrogen-bond acceptors (Lipinski definition) is 4. The number of anilines is 1. The molecule has 0 spiro atoms. The van der Waals surface area contributed by atoms with Crippen molar-refractivity contribution in [2.75, 3.05) is 31.6 Å². The summed E-state index contributed by atoms with van der Waals surface area (Å²) in [5, 5.41) is 3.64. The van der Waals surface area contributed by atoms with E-state index in [9.17, 15) is 9.59 Å². The summed E-state index contributed by atoms with van der Waals surface area (Å²) in [5.74, 6) is -0.238. The Morgan fingerprint density at radius 3 is 2.69 bits per heavy atom. The smallest absolute Gasteiger partial charge is 0.264 e. The van der Waals surface area contributed by atoms with Gasteiger partial charge in [0.1, 0.15) is 0 Å². The normalized spacial score (nSPS) is 16.6. The number of halogens is 1. The first-order chi connectivity index (χ1) is 17.5. The summed E-state index contributed by atoms with van der Waals surface area (Å²) in [6.45, 7) is 3.59. The summed E-state index contributed by atoms with van der Waals surface area (Å²) in [6, 6.07) is 21.6. The lowest BCUT2D eigenvalue weighted by molar-refractivity contribution is -0.114. The molecule has 0 atom stereocenters. The molecule has 0 saturated heterocycles. The van der Waals surface area contributed by atoms with Crippen LogP contribution in [0.25, 0.3) is 6.08 Å². The second-order valence-electron chi connectivity index (χ2n) is 9.08. The SMILES string of the molecule is CN1C(=O)/C(=C\c2ccccc2Cl)Sc2ccc(C(=O)NCCCN3CCc4ccccc4C3)cc21. The molecule has 0 radical (unpaired) electrons. The summed E-state index contributed by atoms with van der Waals surface area (Å²) in [5.41, 5.74) is 4.95. The zero-order valence-electron chi connectivity index (χ0n) is 20.2. The molecule has 184 valence electrons. The van der Waals surface area contributed by atoms with Crippen molar-refractivity contribution in [3.8, 4) is 0 Å². The van der Waals surface area contributed by atoms with Crippen LogP contribution in [0.2, 0.25) is 5.02 Å². The number of rotatable bonds is 6. The molecule has 3 aromatic carbocycles. The molecule has 0 aliphatic carbocycles. The minimum Gasteiger partial charge on any atom is -0.352 e. The summed E-state index contributed by atoms with van der Waals surface area (Å²) < 4.78 is 0. The lowest BCUT2D eigenvalue weighted by atomic mass is 10.00. The van der Waals surface area contributed by atoms with E-state index < -0.39 is 0 Å². The van der Waals surface area contributed by atoms with Crippen LogP contribution in [0.15, 0.2) is 76.5 Å². The second kappa shape index (κ2) is 10.9. The first kappa shape index (κ1) is 24.6. The number of carbonyl (C=O) groups is 2. The van der Waals surface area contributed by atoms with Gasteiger partial charge in [0.25, 0.3) is 11.8 Å². The fourth-order valence-electron chi connectivity index (χ4n) is 4.62. The third kappa shape index (κ3) is 5.36. The van der Waals surface area contributed by atoms with E-state index in [1.807, 2.05) is 36.4 Å². The van der Waals surface area contributed by atoms with E-state index in [4.69, 9.17) is 11.6 Å². The Labute approximate surface area is 221 Å². The standard InChI is InChI=1S/C29H28ClN3O2S/c1-32-25-17-22(11-12-26(25)36-27(29(32)35)18-21-8-4-5-10-24(21)30)28(34)31-14-6-15-33-16-13-20-7-2-3-9-23(20)19-33/h2-5,7-12,17-18H,6,13-16,19H2,1H3,(H,31,34)/b27-18+. The summed E-state index contributed by atoms with van der Waals surface area (Å²) in [7, 11) is 1.74. The number of thioether (sulfide) groups is 1. The molecule has 1 N–H and O–H groups in total. The van der Waals surface area contributed by atoms with Gasteiger partial charge in [-0.25, -0.2) is 0 Å². The molecular weight excluding hydrogens is 490 g/mol. The molecule has 0 saturated carbocycles. The number of likely N-dealkylation sites (N-methyl/N-ethyl adjacent to an activating group) is 1. The maximum atomic E-state index is 13.0. The topological polar surface area (TPSA) is 52.7 Å². The summed E-state index contributed by atoms with van der Waals surface area (Å²) in [4.78, 5) is 31.4. The number of amides is 2. The first-order valence-corrected chi connectivity index (χ1v) is 13.3. The third-order valence-corrected chi connectivity index (χ3v) is 8.08. The molecule has 2 aliphatic heterocycles. The van der Waals surface area contributed by atoms with Crippen LogP contribution >= 0.6 is 23.4 Å². The van der Waals surface area contributed by atoms with E-state index in [2.05, 4.69) is 34.5 Å². The monoisotopic (exact) mass is 517 g/mol. The lowest BCUT2D eigenvalue weighted by Crippen LogP contribution is -2.34. The summed E-state index contributed by atoms with van der Waals surface area (Å²) in [6.07, 6.45) is 3.79. The van der Waals surface area contributed by atoms with Crippen LogP contribution in [0.3, 0.4) is 0 Å². The number of hydrogen-bond donors (Lipinski definition) is 1. The molecule has 36 heavy (non-hydrogen) atoms. The second-order valence-corrected chi connectivity index (χ2v) is 10.6. The van der Waals surface area contributed by atoms with Gasteiger partial charge in [0.05, 0.1) is 10.6 Å². The summed E-state index contributed by atoms with van der Waals surface area (Å²) >= 11 is 7.67. The highest BCUT2D eigenvalue weighted by molar-refractivity contribution is 8.04. The minimum atomic E-state index is -0.120. The molecule has 2 aliphatic rings. The molecule has 0 bridgehead atoms. The van der Waals surface area contributed by atoms with Gasteiger partial charge in [0.2, 0.25) is 0 Å². The zero-order chi connectivity index (χ0) is 25.1. The molecule has 5 rings (SSSR count). The van der Waals surface area contributed by atoms with Crippen molar-refractivity contribution < 1.29 is 9.59 Å². The van der Waals surface area contributed by atoms with Crippen LogP contribution in [0, 0.1) is 0 Å².